The molecule has 2 heteroatoms. The fourth-order valence-electron chi connectivity index (χ4n) is 2.04. The molecule has 0 fully saturated rings. The third kappa shape index (κ3) is 1.62. The fourth-order valence-corrected chi connectivity index (χ4v) is 2.04. The van der Waals surface area contributed by atoms with E-state index in [9.17, 15) is 0 Å². The average Bonchev–Trinajstić information content (AvgIpc) is 2.76. The minimum Gasteiger partial charge on any atom is -0.299 e. The van der Waals surface area contributed by atoms with Gasteiger partial charge in [0.05, 0.1) is 11.0 Å². The number of fused-ring (bicyclic) bond motifs is 1. The first kappa shape index (κ1) is 10.1. The summed E-state index contributed by atoms with van der Waals surface area (Å²) in [6.45, 7) is 4.27. The van der Waals surface area contributed by atoms with E-state index in [1.54, 1.807) is 0 Å². The van der Waals surface area contributed by atoms with Crippen molar-refractivity contribution in [1.29, 1.82) is 0 Å². The Morgan fingerprint density at radius 2 is 1.76 bits per heavy atom. The molecule has 2 aromatic carbocycles. The smallest absolute Gasteiger partial charge is 0.100 e. The Labute approximate surface area is 101 Å². The van der Waals surface area contributed by atoms with E-state index in [4.69, 9.17) is 0 Å². The molecule has 0 saturated heterocycles. The summed E-state index contributed by atoms with van der Waals surface area (Å²) < 4.78 is 2.13. The van der Waals surface area contributed by atoms with Crippen molar-refractivity contribution in [2.45, 2.75) is 13.8 Å². The zero-order chi connectivity index (χ0) is 11.8. The van der Waals surface area contributed by atoms with Crippen LogP contribution in [0.1, 0.15) is 11.1 Å². The second-order valence-electron chi connectivity index (χ2n) is 4.37. The lowest BCUT2D eigenvalue weighted by Crippen LogP contribution is -1.93. The maximum Gasteiger partial charge on any atom is 0.100 e. The third-order valence-electron chi connectivity index (χ3n) is 3.22. The van der Waals surface area contributed by atoms with E-state index in [0.717, 1.165) is 11.0 Å². The lowest BCUT2D eigenvalue weighted by atomic mass is 10.1. The summed E-state index contributed by atoms with van der Waals surface area (Å²) in [5.74, 6) is 0. The number of hydrogen-bond donors (Lipinski definition) is 0. The van der Waals surface area contributed by atoms with Gasteiger partial charge in [-0.2, -0.15) is 0 Å². The van der Waals surface area contributed by atoms with Crippen LogP contribution in [0.5, 0.6) is 0 Å². The molecule has 0 saturated carbocycles. The number of aromatic nitrogens is 2. The molecule has 0 unspecified atom stereocenters. The molecular formula is C15H14N2. The quantitative estimate of drug-likeness (QED) is 0.614. The van der Waals surface area contributed by atoms with Gasteiger partial charge in [0.25, 0.3) is 0 Å². The highest BCUT2D eigenvalue weighted by molar-refractivity contribution is 5.77. The molecule has 3 aromatic rings. The number of nitrogens with zero attached hydrogens (tertiary/aromatic N) is 2. The summed E-state index contributed by atoms with van der Waals surface area (Å²) in [5, 5.41) is 0. The number of rotatable bonds is 1. The highest BCUT2D eigenvalue weighted by atomic mass is 15.0. The van der Waals surface area contributed by atoms with E-state index >= 15 is 0 Å². The van der Waals surface area contributed by atoms with Gasteiger partial charge >= 0.3 is 0 Å². The first-order valence-electron chi connectivity index (χ1n) is 5.75. The van der Waals surface area contributed by atoms with E-state index in [1.807, 2.05) is 24.5 Å². The topological polar surface area (TPSA) is 17.8 Å². The number of hydrogen-bond acceptors (Lipinski definition) is 1. The summed E-state index contributed by atoms with van der Waals surface area (Å²) in [7, 11) is 0. The molecule has 84 valence electrons. The van der Waals surface area contributed by atoms with Gasteiger partial charge in [0.1, 0.15) is 6.33 Å². The number of para-hydroxylation sites is 2. The molecular weight excluding hydrogens is 208 g/mol. The minimum absolute atomic E-state index is 1.03. The van der Waals surface area contributed by atoms with E-state index in [2.05, 4.69) is 47.7 Å². The van der Waals surface area contributed by atoms with Gasteiger partial charge in [-0.25, -0.2) is 4.98 Å². The van der Waals surface area contributed by atoms with Crippen molar-refractivity contribution in [3.05, 3.63) is 59.9 Å². The molecule has 17 heavy (non-hydrogen) atoms. The van der Waals surface area contributed by atoms with Crippen LogP contribution in [0.3, 0.4) is 0 Å². The Morgan fingerprint density at radius 3 is 2.59 bits per heavy atom. The molecule has 0 atom stereocenters. The second-order valence-corrected chi connectivity index (χ2v) is 4.37. The molecule has 0 radical (unpaired) electrons. The molecule has 0 spiro atoms. The first-order chi connectivity index (χ1) is 8.25. The van der Waals surface area contributed by atoms with Crippen LogP contribution >= 0.6 is 0 Å². The van der Waals surface area contributed by atoms with Crippen LogP contribution in [0, 0.1) is 13.8 Å². The fraction of sp³-hybridized carbons (Fsp3) is 0.133. The molecule has 0 amide bonds. The Hall–Kier alpha value is -2.09. The average molecular weight is 222 g/mol. The monoisotopic (exact) mass is 222 g/mol. The van der Waals surface area contributed by atoms with Crippen molar-refractivity contribution in [2.75, 3.05) is 0 Å². The maximum absolute atomic E-state index is 4.41. The van der Waals surface area contributed by atoms with Crippen LogP contribution in [-0.4, -0.2) is 9.55 Å². The maximum atomic E-state index is 4.41. The van der Waals surface area contributed by atoms with Gasteiger partial charge in [0, 0.05) is 5.69 Å². The highest BCUT2D eigenvalue weighted by Gasteiger charge is 2.04. The molecule has 0 aliphatic heterocycles. The summed E-state index contributed by atoms with van der Waals surface area (Å²) in [6, 6.07) is 14.7. The van der Waals surface area contributed by atoms with Gasteiger partial charge in [0.15, 0.2) is 0 Å². The Bertz CT molecular complexity index is 680. The van der Waals surface area contributed by atoms with Crippen molar-refractivity contribution in [1.82, 2.24) is 9.55 Å². The van der Waals surface area contributed by atoms with Gasteiger partial charge in [0.2, 0.25) is 0 Å². The van der Waals surface area contributed by atoms with Crippen LogP contribution < -0.4 is 0 Å². The predicted molar refractivity (Wildman–Crippen MR) is 70.5 cm³/mol. The lowest BCUT2D eigenvalue weighted by Gasteiger charge is -2.07. The van der Waals surface area contributed by atoms with Crippen LogP contribution in [0.25, 0.3) is 16.7 Å². The van der Waals surface area contributed by atoms with Crippen molar-refractivity contribution in [2.24, 2.45) is 0 Å². The molecule has 0 bridgehead atoms. The Kier molecular flexibility index (Phi) is 2.22. The molecule has 3 rings (SSSR count). The third-order valence-corrected chi connectivity index (χ3v) is 3.22. The van der Waals surface area contributed by atoms with Crippen molar-refractivity contribution in [3.8, 4) is 5.69 Å². The van der Waals surface area contributed by atoms with Crippen molar-refractivity contribution < 1.29 is 0 Å². The standard InChI is InChI=1S/C15H14N2/c1-11-7-8-13(9-12(11)2)17-10-16-14-5-3-4-6-15(14)17/h3-10H,1-2H3. The summed E-state index contributed by atoms with van der Waals surface area (Å²) >= 11 is 0. The molecule has 1 aromatic heterocycles. The zero-order valence-corrected chi connectivity index (χ0v) is 10.0. The molecule has 2 nitrogen and oxygen atoms in total. The van der Waals surface area contributed by atoms with Crippen LogP contribution in [-0.2, 0) is 0 Å². The van der Waals surface area contributed by atoms with Gasteiger partial charge in [-0.05, 0) is 49.2 Å². The SMILES string of the molecule is Cc1ccc(-n2cnc3ccccc32)cc1C. The normalized spacial score (nSPS) is 10.9. The van der Waals surface area contributed by atoms with Gasteiger partial charge in [-0.15, -0.1) is 0 Å². The number of aryl methyl sites for hydroxylation is 2. The lowest BCUT2D eigenvalue weighted by molar-refractivity contribution is 1.08. The Balaban J connectivity index is 2.24. The van der Waals surface area contributed by atoms with Gasteiger partial charge in [-0.3, -0.25) is 4.57 Å². The number of imidazole rings is 1. The van der Waals surface area contributed by atoms with Crippen LogP contribution in [0.2, 0.25) is 0 Å². The Morgan fingerprint density at radius 1 is 0.941 bits per heavy atom. The summed E-state index contributed by atoms with van der Waals surface area (Å²) in [6.07, 6.45) is 1.88. The van der Waals surface area contributed by atoms with Gasteiger partial charge < -0.3 is 0 Å². The second kappa shape index (κ2) is 3.74. The van der Waals surface area contributed by atoms with E-state index in [-0.39, 0.29) is 0 Å². The van der Waals surface area contributed by atoms with E-state index < -0.39 is 0 Å². The predicted octanol–water partition coefficient (Wildman–Crippen LogP) is 3.64. The molecule has 0 aliphatic rings. The molecule has 1 heterocycles. The first-order valence-corrected chi connectivity index (χ1v) is 5.75. The van der Waals surface area contributed by atoms with Crippen molar-refractivity contribution in [3.63, 3.8) is 0 Å². The highest BCUT2D eigenvalue weighted by Crippen LogP contribution is 2.19. The summed E-state index contributed by atoms with van der Waals surface area (Å²) in [5.41, 5.74) is 5.97. The largest absolute Gasteiger partial charge is 0.299 e. The minimum atomic E-state index is 1.03. The van der Waals surface area contributed by atoms with Crippen LogP contribution in [0.15, 0.2) is 48.8 Å². The van der Waals surface area contributed by atoms with Crippen LogP contribution in [0.4, 0.5) is 0 Å². The molecule has 0 aliphatic carbocycles. The van der Waals surface area contributed by atoms with E-state index in [1.165, 1.54) is 16.8 Å². The summed E-state index contributed by atoms with van der Waals surface area (Å²) in [4.78, 5) is 4.41. The number of benzene rings is 2. The van der Waals surface area contributed by atoms with Gasteiger partial charge in [-0.1, -0.05) is 18.2 Å². The van der Waals surface area contributed by atoms with Crippen molar-refractivity contribution >= 4 is 11.0 Å². The zero-order valence-electron chi connectivity index (χ0n) is 10.0. The molecule has 0 N–H and O–H groups in total. The van der Waals surface area contributed by atoms with E-state index in [0.29, 0.717) is 0 Å².